The van der Waals surface area contributed by atoms with Crippen molar-refractivity contribution in [3.8, 4) is 0 Å². The first-order valence-corrected chi connectivity index (χ1v) is 12.2. The Hall–Kier alpha value is -2.99. The number of thioether (sulfide) groups is 1. The van der Waals surface area contributed by atoms with Crippen LogP contribution in [0.1, 0.15) is 71.9 Å². The van der Waals surface area contributed by atoms with Gasteiger partial charge in [0.1, 0.15) is 11.1 Å². The molecular formula is C27H30N2O3S. The molecule has 2 amide bonds. The van der Waals surface area contributed by atoms with Crippen LogP contribution in [0.15, 0.2) is 71.3 Å². The van der Waals surface area contributed by atoms with E-state index in [1.807, 2.05) is 48.2 Å². The second-order valence-corrected chi connectivity index (χ2v) is 10.5. The molecule has 1 aliphatic rings. The Morgan fingerprint density at radius 3 is 2.42 bits per heavy atom. The fourth-order valence-electron chi connectivity index (χ4n) is 3.91. The second kappa shape index (κ2) is 9.48. The second-order valence-electron chi connectivity index (χ2n) is 9.45. The molecule has 0 saturated carbocycles. The third-order valence-corrected chi connectivity index (χ3v) is 7.21. The van der Waals surface area contributed by atoms with Gasteiger partial charge in [0, 0.05) is 5.56 Å². The van der Waals surface area contributed by atoms with Crippen LogP contribution in [0.25, 0.3) is 0 Å². The van der Waals surface area contributed by atoms with E-state index in [0.29, 0.717) is 17.9 Å². The van der Waals surface area contributed by atoms with E-state index in [1.54, 1.807) is 18.0 Å². The van der Waals surface area contributed by atoms with Crippen molar-refractivity contribution in [1.82, 2.24) is 10.2 Å². The number of nitrogens with zero attached hydrogens (tertiary/aromatic N) is 1. The lowest BCUT2D eigenvalue weighted by Gasteiger charge is -2.23. The van der Waals surface area contributed by atoms with Gasteiger partial charge in [0.15, 0.2) is 0 Å². The summed E-state index contributed by atoms with van der Waals surface area (Å²) in [4.78, 5) is 27.0. The van der Waals surface area contributed by atoms with E-state index in [0.717, 1.165) is 16.9 Å². The zero-order chi connectivity index (χ0) is 23.6. The molecule has 0 bridgehead atoms. The SMILES string of the molecule is C[C@H](NC(=O)c1ccc([C@@H]2SCC(=O)N2Cc2ccco2)cc1)c1ccc(C(C)(C)C)cc1. The van der Waals surface area contributed by atoms with Crippen LogP contribution in [-0.2, 0) is 16.8 Å². The minimum atomic E-state index is -0.114. The highest BCUT2D eigenvalue weighted by Crippen LogP contribution is 2.39. The first kappa shape index (κ1) is 23.2. The van der Waals surface area contributed by atoms with Gasteiger partial charge >= 0.3 is 0 Å². The molecule has 172 valence electrons. The van der Waals surface area contributed by atoms with Crippen LogP contribution in [0.3, 0.4) is 0 Å². The number of carbonyl (C=O) groups is 2. The quantitative estimate of drug-likeness (QED) is 0.500. The Balaban J connectivity index is 1.41. The van der Waals surface area contributed by atoms with E-state index in [4.69, 9.17) is 4.42 Å². The maximum atomic E-state index is 12.8. The predicted molar refractivity (Wildman–Crippen MR) is 132 cm³/mol. The standard InChI is InChI=1S/C27H30N2O3S/c1-18(19-11-13-22(14-12-19)27(2,3)4)28-25(31)20-7-9-21(10-8-20)26-29(24(30)17-33-26)16-23-6-5-15-32-23/h5-15,18,26H,16-17H2,1-4H3,(H,28,31)/t18-,26-/m0/s1. The van der Waals surface area contributed by atoms with Crippen LogP contribution >= 0.6 is 11.8 Å². The summed E-state index contributed by atoms with van der Waals surface area (Å²) < 4.78 is 5.42. The number of hydrogen-bond donors (Lipinski definition) is 1. The maximum Gasteiger partial charge on any atom is 0.251 e. The van der Waals surface area contributed by atoms with Gasteiger partial charge < -0.3 is 14.6 Å². The van der Waals surface area contributed by atoms with Crippen molar-refractivity contribution < 1.29 is 14.0 Å². The third-order valence-electron chi connectivity index (χ3n) is 5.96. The molecule has 0 unspecified atom stereocenters. The third kappa shape index (κ3) is 5.33. The molecule has 2 aromatic carbocycles. The minimum Gasteiger partial charge on any atom is -0.467 e. The number of carbonyl (C=O) groups excluding carboxylic acids is 2. The highest BCUT2D eigenvalue weighted by atomic mass is 32.2. The molecular weight excluding hydrogens is 432 g/mol. The van der Waals surface area contributed by atoms with E-state index in [9.17, 15) is 9.59 Å². The monoisotopic (exact) mass is 462 g/mol. The molecule has 1 N–H and O–H groups in total. The van der Waals surface area contributed by atoms with Crippen molar-refractivity contribution in [1.29, 1.82) is 0 Å². The molecule has 1 fully saturated rings. The zero-order valence-corrected chi connectivity index (χ0v) is 20.3. The molecule has 1 aromatic heterocycles. The predicted octanol–water partition coefficient (Wildman–Crippen LogP) is 5.84. The van der Waals surface area contributed by atoms with Gasteiger partial charge in [-0.15, -0.1) is 11.8 Å². The van der Waals surface area contributed by atoms with Gasteiger partial charge in [0.25, 0.3) is 5.91 Å². The molecule has 2 heterocycles. The molecule has 1 aliphatic heterocycles. The lowest BCUT2D eigenvalue weighted by molar-refractivity contribution is -0.128. The van der Waals surface area contributed by atoms with Crippen molar-refractivity contribution in [2.24, 2.45) is 0 Å². The largest absolute Gasteiger partial charge is 0.467 e. The number of nitrogens with one attached hydrogen (secondary N) is 1. The summed E-state index contributed by atoms with van der Waals surface area (Å²) in [6.45, 7) is 9.00. The maximum absolute atomic E-state index is 12.8. The Labute approximate surface area is 199 Å². The fraction of sp³-hybridized carbons (Fsp3) is 0.333. The molecule has 1 saturated heterocycles. The van der Waals surface area contributed by atoms with E-state index in [-0.39, 0.29) is 28.6 Å². The summed E-state index contributed by atoms with van der Waals surface area (Å²) in [7, 11) is 0. The molecule has 5 nitrogen and oxygen atoms in total. The highest BCUT2D eigenvalue weighted by molar-refractivity contribution is 8.00. The molecule has 3 aromatic rings. The normalized spacial score (nSPS) is 17.3. The van der Waals surface area contributed by atoms with Crippen molar-refractivity contribution in [2.45, 2.75) is 51.1 Å². The topological polar surface area (TPSA) is 62.6 Å². The molecule has 33 heavy (non-hydrogen) atoms. The van der Waals surface area contributed by atoms with Crippen molar-refractivity contribution in [3.63, 3.8) is 0 Å². The summed E-state index contributed by atoms with van der Waals surface area (Å²) in [5.74, 6) is 1.18. The van der Waals surface area contributed by atoms with Gasteiger partial charge in [-0.1, -0.05) is 57.2 Å². The van der Waals surface area contributed by atoms with E-state index >= 15 is 0 Å². The van der Waals surface area contributed by atoms with Crippen LogP contribution in [0.4, 0.5) is 0 Å². The lowest BCUT2D eigenvalue weighted by Crippen LogP contribution is -2.28. The van der Waals surface area contributed by atoms with Crippen LogP contribution < -0.4 is 5.32 Å². The molecule has 0 radical (unpaired) electrons. The number of furan rings is 1. The van der Waals surface area contributed by atoms with Crippen LogP contribution in [0.2, 0.25) is 0 Å². The molecule has 4 rings (SSSR count). The number of hydrogen-bond acceptors (Lipinski definition) is 4. The van der Waals surface area contributed by atoms with Crippen LogP contribution in [-0.4, -0.2) is 22.5 Å². The smallest absolute Gasteiger partial charge is 0.251 e. The fourth-order valence-corrected chi connectivity index (χ4v) is 5.09. The van der Waals surface area contributed by atoms with Gasteiger partial charge in [-0.3, -0.25) is 9.59 Å². The van der Waals surface area contributed by atoms with Crippen molar-refractivity contribution in [3.05, 3.63) is 94.9 Å². The average molecular weight is 463 g/mol. The van der Waals surface area contributed by atoms with Gasteiger partial charge in [0.2, 0.25) is 5.91 Å². The summed E-state index contributed by atoms with van der Waals surface area (Å²) in [6.07, 6.45) is 1.62. The summed E-state index contributed by atoms with van der Waals surface area (Å²) >= 11 is 1.59. The summed E-state index contributed by atoms with van der Waals surface area (Å²) in [6, 6.07) is 19.5. The lowest BCUT2D eigenvalue weighted by atomic mass is 9.86. The number of amides is 2. The van der Waals surface area contributed by atoms with Crippen molar-refractivity contribution in [2.75, 3.05) is 5.75 Å². The first-order valence-electron chi connectivity index (χ1n) is 11.2. The Bertz CT molecular complexity index is 1100. The first-order chi connectivity index (χ1) is 15.7. The van der Waals surface area contributed by atoms with Gasteiger partial charge in [-0.25, -0.2) is 0 Å². The average Bonchev–Trinajstić information content (AvgIpc) is 3.44. The minimum absolute atomic E-state index is 0.0834. The van der Waals surface area contributed by atoms with E-state index < -0.39 is 0 Å². The molecule has 2 atom stereocenters. The highest BCUT2D eigenvalue weighted by Gasteiger charge is 2.33. The molecule has 0 aliphatic carbocycles. The van der Waals surface area contributed by atoms with Crippen LogP contribution in [0, 0.1) is 0 Å². The molecule has 6 heteroatoms. The van der Waals surface area contributed by atoms with Gasteiger partial charge in [-0.2, -0.15) is 0 Å². The van der Waals surface area contributed by atoms with E-state index in [2.05, 4.69) is 50.4 Å². The van der Waals surface area contributed by atoms with Gasteiger partial charge in [-0.05, 0) is 53.3 Å². The zero-order valence-electron chi connectivity index (χ0n) is 19.5. The van der Waals surface area contributed by atoms with E-state index in [1.165, 1.54) is 5.56 Å². The van der Waals surface area contributed by atoms with Gasteiger partial charge in [0.05, 0.1) is 24.6 Å². The van der Waals surface area contributed by atoms with Crippen molar-refractivity contribution >= 4 is 23.6 Å². The number of benzene rings is 2. The number of rotatable bonds is 6. The van der Waals surface area contributed by atoms with Crippen LogP contribution in [0.5, 0.6) is 0 Å². The summed E-state index contributed by atoms with van der Waals surface area (Å²) in [5.41, 5.74) is 4.04. The Morgan fingerprint density at radius 2 is 1.82 bits per heavy atom. The molecule has 0 spiro atoms. The summed E-state index contributed by atoms with van der Waals surface area (Å²) in [5, 5.41) is 3.00. The Morgan fingerprint density at radius 1 is 1.12 bits per heavy atom. The Kier molecular flexibility index (Phi) is 6.66.